The van der Waals surface area contributed by atoms with Crippen molar-refractivity contribution >= 4 is 0 Å². The van der Waals surface area contributed by atoms with E-state index in [0.717, 1.165) is 16.8 Å². The van der Waals surface area contributed by atoms with E-state index >= 15 is 0 Å². The second-order valence-electron chi connectivity index (χ2n) is 4.48. The van der Waals surface area contributed by atoms with Crippen molar-refractivity contribution in [3.8, 4) is 0 Å². The van der Waals surface area contributed by atoms with Crippen LogP contribution in [0.2, 0.25) is 0 Å². The van der Waals surface area contributed by atoms with Gasteiger partial charge in [-0.1, -0.05) is 15.4 Å². The predicted octanol–water partition coefficient (Wildman–Crippen LogP) is -0.966. The summed E-state index contributed by atoms with van der Waals surface area (Å²) in [5.41, 5.74) is 14.2. The first-order chi connectivity index (χ1) is 11.0. The maximum absolute atomic E-state index is 11.3. The number of nitrogens with zero attached hydrogens (tertiary/aromatic N) is 8. The Kier molecular flexibility index (Phi) is 4.55. The largest absolute Gasteiger partial charge is 0.408 e. The van der Waals surface area contributed by atoms with Crippen LogP contribution in [0.5, 0.6) is 0 Å². The van der Waals surface area contributed by atoms with E-state index in [2.05, 4.69) is 30.2 Å². The molecule has 1 aliphatic heterocycles. The van der Waals surface area contributed by atoms with Gasteiger partial charge in [0, 0.05) is 22.1 Å². The van der Waals surface area contributed by atoms with E-state index in [-0.39, 0.29) is 5.62 Å². The lowest BCUT2D eigenvalue weighted by Gasteiger charge is -2.24. The number of aliphatic hydroxyl groups excluding tert-OH is 2. The van der Waals surface area contributed by atoms with E-state index in [1.54, 1.807) is 0 Å². The molecule has 1 aromatic heterocycles. The number of aromatic nitrogens is 2. The molecule has 0 saturated carbocycles. The number of hydrogen-bond donors (Lipinski definition) is 4. The van der Waals surface area contributed by atoms with Crippen molar-refractivity contribution in [2.45, 2.75) is 24.1 Å². The van der Waals surface area contributed by atoms with Gasteiger partial charge in [-0.25, -0.2) is 0 Å². The summed E-state index contributed by atoms with van der Waals surface area (Å²) in [4.78, 5) is 18.5. The molecular formula is C9H11N9O5. The average molecular weight is 325 g/mol. The van der Waals surface area contributed by atoms with Crippen molar-refractivity contribution in [3.05, 3.63) is 49.1 Å². The van der Waals surface area contributed by atoms with Crippen LogP contribution in [0.25, 0.3) is 20.9 Å². The predicted molar refractivity (Wildman–Crippen MR) is 70.4 cm³/mol. The zero-order valence-corrected chi connectivity index (χ0v) is 11.3. The minimum Gasteiger partial charge on any atom is -0.408 e. The maximum atomic E-state index is 11.3. The van der Waals surface area contributed by atoms with Crippen molar-refractivity contribution in [2.75, 3.05) is 6.61 Å². The van der Waals surface area contributed by atoms with Gasteiger partial charge in [0.2, 0.25) is 5.62 Å². The molecule has 2 rings (SSSR count). The summed E-state index contributed by atoms with van der Waals surface area (Å²) < 4.78 is 6.41. The quantitative estimate of drug-likeness (QED) is 0.180. The van der Waals surface area contributed by atoms with E-state index in [4.69, 9.17) is 21.0 Å². The Morgan fingerprint density at radius 3 is 2.78 bits per heavy atom. The number of ether oxygens (including phenoxy) is 1. The van der Waals surface area contributed by atoms with Crippen LogP contribution in [0.15, 0.2) is 32.4 Å². The second kappa shape index (κ2) is 6.39. The van der Waals surface area contributed by atoms with Crippen LogP contribution in [-0.4, -0.2) is 49.4 Å². The Morgan fingerprint density at radius 2 is 2.22 bits per heavy atom. The normalized spacial score (nSPS) is 30.5. The molecule has 1 fully saturated rings. The Hall–Kier alpha value is -3.02. The van der Waals surface area contributed by atoms with Crippen LogP contribution in [-0.2, 0) is 4.74 Å². The molecule has 14 heteroatoms. The van der Waals surface area contributed by atoms with Gasteiger partial charge in [0.05, 0.1) is 6.61 Å². The first-order valence-electron chi connectivity index (χ1n) is 6.09. The van der Waals surface area contributed by atoms with Crippen LogP contribution in [0.4, 0.5) is 0 Å². The van der Waals surface area contributed by atoms with Gasteiger partial charge in [-0.15, -0.1) is 0 Å². The van der Waals surface area contributed by atoms with Gasteiger partial charge >= 0.3 is 0 Å². The molecule has 23 heavy (non-hydrogen) atoms. The number of hydrogen-bond acceptors (Lipinski definition) is 8. The fraction of sp³-hybridized carbons (Fsp3) is 0.556. The summed E-state index contributed by atoms with van der Waals surface area (Å²) in [5.74, 6) is 0. The van der Waals surface area contributed by atoms with Crippen LogP contribution >= 0.6 is 0 Å². The van der Waals surface area contributed by atoms with E-state index in [1.807, 2.05) is 0 Å². The Labute approximate surface area is 126 Å². The van der Waals surface area contributed by atoms with Crippen LogP contribution in [0, 0.1) is 0 Å². The van der Waals surface area contributed by atoms with Gasteiger partial charge in [-0.05, 0) is 11.1 Å². The fourth-order valence-electron chi connectivity index (χ4n) is 2.21. The molecule has 1 saturated heterocycles. The smallest absolute Gasteiger partial charge is 0.252 e. The second-order valence-corrected chi connectivity index (χ2v) is 4.48. The molecular weight excluding hydrogens is 314 g/mol. The maximum Gasteiger partial charge on any atom is 0.252 e. The standard InChI is InChI=1S/C9H11N9O5/c10-16-13-5-6(21)9(3-19,15-17-11)23-7(5)18-2-1-4(20)12-8(18)14-22/h1-2,5-7,19,21-22H,3H2,(H,12,14,20)/t5?,6-,7+,9+/m0/s1. The molecule has 0 aliphatic carbocycles. The molecule has 1 aromatic rings. The van der Waals surface area contributed by atoms with Gasteiger partial charge in [0.15, 0.2) is 5.72 Å². The zero-order chi connectivity index (χ0) is 17.0. The molecule has 122 valence electrons. The molecule has 2 heterocycles. The number of nitrogens with one attached hydrogen (secondary N) is 1. The summed E-state index contributed by atoms with van der Waals surface area (Å²) in [6, 6.07) is -0.279. The van der Waals surface area contributed by atoms with Gasteiger partial charge in [0.1, 0.15) is 18.4 Å². The van der Waals surface area contributed by atoms with E-state index in [9.17, 15) is 15.0 Å². The summed E-state index contributed by atoms with van der Waals surface area (Å²) in [6.45, 7) is -0.901. The molecule has 0 amide bonds. The highest BCUT2D eigenvalue weighted by atomic mass is 16.6. The highest BCUT2D eigenvalue weighted by Crippen LogP contribution is 2.39. The molecule has 0 aromatic carbocycles. The van der Waals surface area contributed by atoms with Gasteiger partial charge < -0.3 is 20.2 Å². The third kappa shape index (κ3) is 2.70. The highest BCUT2D eigenvalue weighted by Gasteiger charge is 2.55. The third-order valence-electron chi connectivity index (χ3n) is 3.26. The number of H-pyrrole nitrogens is 1. The molecule has 0 radical (unpaired) electrons. The van der Waals surface area contributed by atoms with Crippen molar-refractivity contribution < 1.29 is 20.2 Å². The van der Waals surface area contributed by atoms with E-state index in [1.165, 1.54) is 0 Å². The summed E-state index contributed by atoms with van der Waals surface area (Å²) in [7, 11) is 0. The lowest BCUT2D eigenvalue weighted by molar-refractivity contribution is -0.124. The SMILES string of the molecule is [N-]=[N+]=NC1[C@H](n2ccc(=O)[nH]/c2=N\O)O[C@@](CO)(N=[N+]=[N-])[C@H]1O. The number of aliphatic hydroxyl groups is 2. The van der Waals surface area contributed by atoms with Crippen molar-refractivity contribution in [3.63, 3.8) is 0 Å². The van der Waals surface area contributed by atoms with Crippen LogP contribution in [0.1, 0.15) is 6.23 Å². The highest BCUT2D eigenvalue weighted by molar-refractivity contribution is 5.04. The number of azide groups is 2. The summed E-state index contributed by atoms with van der Waals surface area (Å²) in [5, 5.41) is 38.0. The third-order valence-corrected chi connectivity index (χ3v) is 3.26. The van der Waals surface area contributed by atoms with Gasteiger partial charge in [0.25, 0.3) is 5.56 Å². The molecule has 14 nitrogen and oxygen atoms in total. The first-order valence-corrected chi connectivity index (χ1v) is 6.09. The topological polar surface area (TPSA) is 218 Å². The Morgan fingerprint density at radius 1 is 1.48 bits per heavy atom. The van der Waals surface area contributed by atoms with Gasteiger partial charge in [-0.2, -0.15) is 0 Å². The zero-order valence-electron chi connectivity index (χ0n) is 11.3. The molecule has 0 bridgehead atoms. The lowest BCUT2D eigenvalue weighted by Crippen LogP contribution is -2.43. The van der Waals surface area contributed by atoms with Crippen molar-refractivity contribution in [1.82, 2.24) is 9.55 Å². The lowest BCUT2D eigenvalue weighted by atomic mass is 10.0. The van der Waals surface area contributed by atoms with Crippen molar-refractivity contribution in [2.24, 2.45) is 15.4 Å². The monoisotopic (exact) mass is 325 g/mol. The molecule has 0 spiro atoms. The summed E-state index contributed by atoms with van der Waals surface area (Å²) in [6.07, 6.45) is -1.86. The van der Waals surface area contributed by atoms with Crippen LogP contribution in [0.3, 0.4) is 0 Å². The average Bonchev–Trinajstić information content (AvgIpc) is 2.82. The molecule has 1 unspecified atom stereocenters. The molecule has 4 N–H and O–H groups in total. The van der Waals surface area contributed by atoms with E-state index in [0.29, 0.717) is 0 Å². The minimum atomic E-state index is -2.10. The Balaban J connectivity index is 2.63. The first kappa shape index (κ1) is 16.4. The van der Waals surface area contributed by atoms with Gasteiger partial charge in [-0.3, -0.25) is 14.3 Å². The van der Waals surface area contributed by atoms with Crippen molar-refractivity contribution in [1.29, 1.82) is 0 Å². The minimum absolute atomic E-state index is 0.373. The molecule has 1 aliphatic rings. The Bertz CT molecular complexity index is 804. The van der Waals surface area contributed by atoms with Crippen LogP contribution < -0.4 is 11.2 Å². The fourth-order valence-corrected chi connectivity index (χ4v) is 2.21. The number of aromatic amines is 1. The molecule has 4 atom stereocenters. The summed E-state index contributed by atoms with van der Waals surface area (Å²) >= 11 is 0. The number of rotatable bonds is 4. The van der Waals surface area contributed by atoms with E-state index < -0.39 is 36.3 Å².